The second-order valence-electron chi connectivity index (χ2n) is 13.5. The fourth-order valence-electron chi connectivity index (χ4n) is 4.89. The highest BCUT2D eigenvalue weighted by molar-refractivity contribution is 7.47. The number of allylic oxidation sites excluding steroid dienone is 16. The largest absolute Gasteiger partial charge is 0.472 e. The lowest BCUT2D eigenvalue weighted by Gasteiger charge is -2.19. The van der Waals surface area contributed by atoms with E-state index in [1.807, 2.05) is 42.5 Å². The molecule has 0 amide bonds. The van der Waals surface area contributed by atoms with E-state index in [0.717, 1.165) is 57.8 Å². The van der Waals surface area contributed by atoms with Crippen LogP contribution < -0.4 is 5.73 Å². The van der Waals surface area contributed by atoms with Gasteiger partial charge in [-0.25, -0.2) is 4.57 Å². The highest BCUT2D eigenvalue weighted by Gasteiger charge is 2.26. The molecule has 0 saturated carbocycles. The zero-order valence-corrected chi connectivity index (χ0v) is 36.5. The average molecular weight is 844 g/mol. The molecule has 1 unspecified atom stereocenters. The van der Waals surface area contributed by atoms with Gasteiger partial charge in [-0.3, -0.25) is 18.6 Å². The van der Waals surface area contributed by atoms with Crippen molar-refractivity contribution in [2.75, 3.05) is 26.4 Å². The lowest BCUT2D eigenvalue weighted by molar-refractivity contribution is -0.161. The van der Waals surface area contributed by atoms with Gasteiger partial charge in [-0.15, -0.1) is 0 Å². The van der Waals surface area contributed by atoms with Crippen molar-refractivity contribution in [2.24, 2.45) is 5.73 Å². The van der Waals surface area contributed by atoms with Crippen molar-refractivity contribution in [3.63, 3.8) is 0 Å². The fraction of sp³-hybridized carbons (Fsp3) is 0.532. The molecule has 0 aromatic carbocycles. The van der Waals surface area contributed by atoms with Crippen molar-refractivity contribution < 1.29 is 47.8 Å². The zero-order chi connectivity index (χ0) is 43.5. The summed E-state index contributed by atoms with van der Waals surface area (Å²) in [7, 11) is -4.45. The van der Waals surface area contributed by atoms with Gasteiger partial charge < -0.3 is 30.3 Å². The van der Waals surface area contributed by atoms with Gasteiger partial charge in [0.1, 0.15) is 6.61 Å². The van der Waals surface area contributed by atoms with E-state index >= 15 is 0 Å². The van der Waals surface area contributed by atoms with Gasteiger partial charge in [-0.1, -0.05) is 148 Å². The average Bonchev–Trinajstić information content (AvgIpc) is 3.21. The van der Waals surface area contributed by atoms with Crippen LogP contribution in [0.4, 0.5) is 0 Å². The second-order valence-corrected chi connectivity index (χ2v) is 14.9. The van der Waals surface area contributed by atoms with Crippen molar-refractivity contribution in [1.82, 2.24) is 0 Å². The van der Waals surface area contributed by atoms with E-state index in [0.29, 0.717) is 32.1 Å². The number of aliphatic hydroxyl groups excluding tert-OH is 2. The predicted molar refractivity (Wildman–Crippen MR) is 240 cm³/mol. The van der Waals surface area contributed by atoms with Crippen LogP contribution in [0.2, 0.25) is 0 Å². The molecule has 59 heavy (non-hydrogen) atoms. The van der Waals surface area contributed by atoms with Crippen LogP contribution in [-0.4, -0.2) is 71.7 Å². The maximum atomic E-state index is 12.6. The first-order valence-electron chi connectivity index (χ1n) is 21.2. The summed E-state index contributed by atoms with van der Waals surface area (Å²) in [6, 6.07) is 0. The van der Waals surface area contributed by atoms with Crippen molar-refractivity contribution in [3.05, 3.63) is 122 Å². The molecule has 11 nitrogen and oxygen atoms in total. The van der Waals surface area contributed by atoms with Gasteiger partial charge in [0, 0.05) is 19.4 Å². The van der Waals surface area contributed by atoms with Crippen LogP contribution in [0.5, 0.6) is 0 Å². The summed E-state index contributed by atoms with van der Waals surface area (Å²) < 4.78 is 32.6. The molecule has 0 rings (SSSR count). The lowest BCUT2D eigenvalue weighted by Crippen LogP contribution is -2.29. The van der Waals surface area contributed by atoms with Crippen LogP contribution in [-0.2, 0) is 32.7 Å². The van der Waals surface area contributed by atoms with E-state index in [2.05, 4.69) is 62.5 Å². The number of aliphatic hydroxyl groups is 2. The van der Waals surface area contributed by atoms with E-state index in [4.69, 9.17) is 24.3 Å². The molecule has 332 valence electrons. The highest BCUT2D eigenvalue weighted by Crippen LogP contribution is 2.43. The summed E-state index contributed by atoms with van der Waals surface area (Å²) >= 11 is 0. The molecule has 0 radical (unpaired) electrons. The predicted octanol–water partition coefficient (Wildman–Crippen LogP) is 10.1. The Balaban J connectivity index is 4.50. The monoisotopic (exact) mass is 844 g/mol. The first-order valence-corrected chi connectivity index (χ1v) is 22.7. The summed E-state index contributed by atoms with van der Waals surface area (Å²) in [4.78, 5) is 34.9. The standard InChI is InChI=1S/C47H74NO10P/c1-3-5-7-8-9-10-11-12-13-14-15-16-17-18-22-25-31-37-46(51)55-41-45(42-57-59(53,54)56-40-39-48)58-47(52)38-32-26-30-36-44(50)35-29-24-21-19-20-23-28-34-43(49)33-27-6-4-2/h5-7,9-10,12-13,15-16,20-21,23-24,27-30,34-36,43-45,49-50H,3-4,8,11,14,17-19,22,25-26,31-33,37-42,48H2,1-2H3,(H,53,54)/b7-5-,10-9-,13-12-,16-15-,23-20-,24-21-,27-6-,34-28+,35-29+,36-30-/t43-,44-,45+/m0/s1. The third kappa shape index (κ3) is 40.9. The Hall–Kier alpha value is -3.67. The molecule has 5 N–H and O–H groups in total. The summed E-state index contributed by atoms with van der Waals surface area (Å²) in [5.41, 5.74) is 5.33. The number of carbonyl (C=O) groups is 2. The van der Waals surface area contributed by atoms with E-state index in [9.17, 15) is 29.3 Å². The minimum absolute atomic E-state index is 0.00876. The molecule has 0 bridgehead atoms. The van der Waals surface area contributed by atoms with Crippen molar-refractivity contribution in [1.29, 1.82) is 0 Å². The van der Waals surface area contributed by atoms with Crippen LogP contribution in [0, 0.1) is 0 Å². The Kier molecular flexibility index (Phi) is 38.5. The minimum atomic E-state index is -4.45. The maximum absolute atomic E-state index is 12.6. The van der Waals surface area contributed by atoms with Crippen LogP contribution in [0.3, 0.4) is 0 Å². The van der Waals surface area contributed by atoms with Gasteiger partial charge in [0.15, 0.2) is 6.10 Å². The van der Waals surface area contributed by atoms with Crippen LogP contribution in [0.15, 0.2) is 122 Å². The fourth-order valence-corrected chi connectivity index (χ4v) is 5.66. The topological polar surface area (TPSA) is 175 Å². The van der Waals surface area contributed by atoms with E-state index in [-0.39, 0.29) is 32.6 Å². The number of carbonyl (C=O) groups excluding carboxylic acids is 2. The van der Waals surface area contributed by atoms with Gasteiger partial charge >= 0.3 is 19.8 Å². The third-order valence-corrected chi connectivity index (χ3v) is 9.00. The SMILES string of the molecule is CC/C=C\C/C=C\C/C=C\C/C=C\CCCCCCC(=O)OC[C@H](COP(=O)(O)OCCN)OC(=O)CCC/C=C\[C@@H](O)/C=C/C=C\C/C=C\C=C\[C@@H](O)C/C=C\CC. The number of rotatable bonds is 37. The molecule has 0 spiro atoms. The molecule has 4 atom stereocenters. The van der Waals surface area contributed by atoms with Crippen LogP contribution in [0.25, 0.3) is 0 Å². The molecule has 0 aliphatic heterocycles. The number of hydrogen-bond donors (Lipinski definition) is 4. The second kappa shape index (κ2) is 41.1. The molecule has 0 heterocycles. The molecule has 12 heteroatoms. The van der Waals surface area contributed by atoms with Gasteiger partial charge in [0.2, 0.25) is 0 Å². The summed E-state index contributed by atoms with van der Waals surface area (Å²) in [5.74, 6) is -1.06. The number of unbranched alkanes of at least 4 members (excludes halogenated alkanes) is 5. The van der Waals surface area contributed by atoms with Gasteiger partial charge in [-0.2, -0.15) is 0 Å². The van der Waals surface area contributed by atoms with Gasteiger partial charge in [0.05, 0.1) is 25.4 Å². The molecule has 0 aromatic rings. The number of phosphoric acid groups is 1. The summed E-state index contributed by atoms with van der Waals surface area (Å²) in [5, 5.41) is 20.0. The molecule has 0 aromatic heterocycles. The number of esters is 2. The number of hydrogen-bond acceptors (Lipinski definition) is 10. The Labute approximate surface area is 355 Å². The minimum Gasteiger partial charge on any atom is -0.462 e. The lowest BCUT2D eigenvalue weighted by atomic mass is 10.1. The molecular weight excluding hydrogens is 769 g/mol. The van der Waals surface area contributed by atoms with E-state index in [1.54, 1.807) is 30.4 Å². The quantitative estimate of drug-likeness (QED) is 0.0154. The Bertz CT molecular complexity index is 1410. The maximum Gasteiger partial charge on any atom is 0.472 e. The van der Waals surface area contributed by atoms with E-state index in [1.165, 1.54) is 0 Å². The van der Waals surface area contributed by atoms with Crippen molar-refractivity contribution in [2.45, 2.75) is 135 Å². The van der Waals surface area contributed by atoms with Crippen LogP contribution in [0.1, 0.15) is 117 Å². The molecule has 0 saturated heterocycles. The zero-order valence-electron chi connectivity index (χ0n) is 35.6. The van der Waals surface area contributed by atoms with Crippen LogP contribution >= 0.6 is 7.82 Å². The van der Waals surface area contributed by atoms with Crippen molar-refractivity contribution >= 4 is 19.8 Å². The molecular formula is C47H74NO10P. The smallest absolute Gasteiger partial charge is 0.462 e. The summed E-state index contributed by atoms with van der Waals surface area (Å²) in [6.45, 7) is 3.13. The number of ether oxygens (including phenoxy) is 2. The molecule has 0 fully saturated rings. The number of nitrogens with two attached hydrogens (primary N) is 1. The first-order chi connectivity index (χ1) is 28.6. The number of phosphoric ester groups is 1. The first kappa shape index (κ1) is 55.3. The highest BCUT2D eigenvalue weighted by atomic mass is 31.2. The van der Waals surface area contributed by atoms with Gasteiger partial charge in [-0.05, 0) is 77.0 Å². The Morgan fingerprint density at radius 2 is 1.19 bits per heavy atom. The Morgan fingerprint density at radius 1 is 0.610 bits per heavy atom. The normalized spacial score (nSPS) is 15.6. The molecule has 0 aliphatic rings. The molecule has 0 aliphatic carbocycles. The van der Waals surface area contributed by atoms with Crippen molar-refractivity contribution in [3.8, 4) is 0 Å². The van der Waals surface area contributed by atoms with E-state index < -0.39 is 44.7 Å². The Morgan fingerprint density at radius 3 is 1.86 bits per heavy atom. The third-order valence-electron chi connectivity index (χ3n) is 8.02. The van der Waals surface area contributed by atoms with Gasteiger partial charge in [0.25, 0.3) is 0 Å². The summed E-state index contributed by atoms with van der Waals surface area (Å²) in [6.07, 6.45) is 48.7.